The van der Waals surface area contributed by atoms with Crippen molar-refractivity contribution in [3.8, 4) is 6.07 Å². The molecule has 162 valence electrons. The second-order valence-electron chi connectivity index (χ2n) is 6.52. The second kappa shape index (κ2) is 11.1. The molecule has 2 amide bonds. The molecule has 2 aromatic carbocycles. The highest BCUT2D eigenvalue weighted by Gasteiger charge is 2.19. The van der Waals surface area contributed by atoms with Gasteiger partial charge in [0.15, 0.2) is 6.61 Å². The van der Waals surface area contributed by atoms with Crippen molar-refractivity contribution >= 4 is 52.1 Å². The summed E-state index contributed by atoms with van der Waals surface area (Å²) in [7, 11) is 0. The van der Waals surface area contributed by atoms with Gasteiger partial charge in [-0.1, -0.05) is 29.8 Å². The van der Waals surface area contributed by atoms with E-state index in [-0.39, 0.29) is 24.4 Å². The number of carbonyl (C=O) groups is 3. The van der Waals surface area contributed by atoms with Crippen molar-refractivity contribution in [1.82, 2.24) is 0 Å². The summed E-state index contributed by atoms with van der Waals surface area (Å²) in [6, 6.07) is 18.3. The minimum absolute atomic E-state index is 0.109. The van der Waals surface area contributed by atoms with Gasteiger partial charge in [-0.05, 0) is 47.8 Å². The molecule has 1 heterocycles. The van der Waals surface area contributed by atoms with Crippen molar-refractivity contribution < 1.29 is 19.1 Å². The Morgan fingerprint density at radius 2 is 1.91 bits per heavy atom. The first-order chi connectivity index (χ1) is 15.5. The van der Waals surface area contributed by atoms with Gasteiger partial charge in [0.25, 0.3) is 11.8 Å². The predicted octanol–water partition coefficient (Wildman–Crippen LogP) is 4.76. The first kappa shape index (κ1) is 23.0. The van der Waals surface area contributed by atoms with E-state index in [9.17, 15) is 14.4 Å². The smallest absolute Gasteiger partial charge is 0.338 e. The van der Waals surface area contributed by atoms with Crippen LogP contribution < -0.4 is 10.2 Å². The molecule has 0 atom stereocenters. The van der Waals surface area contributed by atoms with Crippen molar-refractivity contribution in [2.75, 3.05) is 23.4 Å². The Hall–Kier alpha value is -3.67. The number of carbonyl (C=O) groups excluding carboxylic acids is 3. The van der Waals surface area contributed by atoms with Crippen LogP contribution in [0.25, 0.3) is 0 Å². The Bertz CT molecular complexity index is 1160. The summed E-state index contributed by atoms with van der Waals surface area (Å²) in [4.78, 5) is 39.2. The maximum Gasteiger partial charge on any atom is 0.338 e. The normalized spacial score (nSPS) is 10.1. The third-order valence-corrected chi connectivity index (χ3v) is 5.40. The molecule has 1 aromatic heterocycles. The standard InChI is InChI=1S/C23H18ClN3O4S/c24-17-6-2-8-19(14-17)27(11-4-10-25)21(28)15-31-23(30)16-5-1-7-18(13-16)26-22(29)20-9-3-12-32-20/h1-3,5-9,12-14H,4,11,15H2,(H,26,29). The van der Waals surface area contributed by atoms with Gasteiger partial charge in [-0.3, -0.25) is 9.59 Å². The average molecular weight is 468 g/mol. The predicted molar refractivity (Wildman–Crippen MR) is 123 cm³/mol. The molecule has 32 heavy (non-hydrogen) atoms. The number of nitriles is 1. The Balaban J connectivity index is 1.64. The Morgan fingerprint density at radius 3 is 2.62 bits per heavy atom. The molecule has 3 rings (SSSR count). The summed E-state index contributed by atoms with van der Waals surface area (Å²) in [6.07, 6.45) is 0.109. The molecule has 0 aliphatic heterocycles. The van der Waals surface area contributed by atoms with Gasteiger partial charge in [0.05, 0.1) is 22.9 Å². The van der Waals surface area contributed by atoms with Crippen LogP contribution in [0, 0.1) is 11.3 Å². The molecule has 0 saturated carbocycles. The van der Waals surface area contributed by atoms with Gasteiger partial charge in [0, 0.05) is 22.9 Å². The molecule has 0 fully saturated rings. The van der Waals surface area contributed by atoms with Crippen LogP contribution in [-0.2, 0) is 9.53 Å². The van der Waals surface area contributed by atoms with Crippen LogP contribution >= 0.6 is 22.9 Å². The van der Waals surface area contributed by atoms with Crippen LogP contribution in [-0.4, -0.2) is 30.9 Å². The van der Waals surface area contributed by atoms with Gasteiger partial charge >= 0.3 is 5.97 Å². The molecule has 0 spiro atoms. The number of nitrogens with one attached hydrogen (secondary N) is 1. The summed E-state index contributed by atoms with van der Waals surface area (Å²) < 4.78 is 5.18. The molecule has 0 aliphatic carbocycles. The first-order valence-electron chi connectivity index (χ1n) is 9.53. The minimum atomic E-state index is -0.711. The fourth-order valence-corrected chi connectivity index (χ4v) is 3.62. The van der Waals surface area contributed by atoms with E-state index in [2.05, 4.69) is 5.32 Å². The Morgan fingerprint density at radius 1 is 1.09 bits per heavy atom. The number of ether oxygens (including phenoxy) is 1. The number of anilines is 2. The number of halogens is 1. The van der Waals surface area contributed by atoms with Gasteiger partial charge in [0.1, 0.15) is 0 Å². The number of thiophene rings is 1. The van der Waals surface area contributed by atoms with Crippen LogP contribution in [0.4, 0.5) is 11.4 Å². The lowest BCUT2D eigenvalue weighted by molar-refractivity contribution is -0.121. The highest BCUT2D eigenvalue weighted by Crippen LogP contribution is 2.20. The summed E-state index contributed by atoms with van der Waals surface area (Å²) in [5.41, 5.74) is 1.12. The van der Waals surface area contributed by atoms with Crippen molar-refractivity contribution in [3.63, 3.8) is 0 Å². The fraction of sp³-hybridized carbons (Fsp3) is 0.130. The molecular formula is C23H18ClN3O4S. The number of amides is 2. The molecule has 1 N–H and O–H groups in total. The quantitative estimate of drug-likeness (QED) is 0.481. The topological polar surface area (TPSA) is 99.5 Å². The van der Waals surface area contributed by atoms with E-state index in [1.165, 1.54) is 28.4 Å². The van der Waals surface area contributed by atoms with Crippen LogP contribution in [0.1, 0.15) is 26.5 Å². The minimum Gasteiger partial charge on any atom is -0.452 e. The van der Waals surface area contributed by atoms with E-state index >= 15 is 0 Å². The number of hydrogen-bond donors (Lipinski definition) is 1. The molecule has 7 nitrogen and oxygen atoms in total. The van der Waals surface area contributed by atoms with Crippen molar-refractivity contribution in [3.05, 3.63) is 81.5 Å². The highest BCUT2D eigenvalue weighted by molar-refractivity contribution is 7.12. The highest BCUT2D eigenvalue weighted by atomic mass is 35.5. The van der Waals surface area contributed by atoms with Crippen molar-refractivity contribution in [2.45, 2.75) is 6.42 Å². The number of hydrogen-bond acceptors (Lipinski definition) is 6. The maximum absolute atomic E-state index is 12.7. The van der Waals surface area contributed by atoms with Gasteiger partial charge in [0.2, 0.25) is 0 Å². The van der Waals surface area contributed by atoms with Crippen LogP contribution in [0.3, 0.4) is 0 Å². The molecule has 0 aliphatic rings. The third kappa shape index (κ3) is 6.17. The van der Waals surface area contributed by atoms with Crippen LogP contribution in [0.2, 0.25) is 5.02 Å². The van der Waals surface area contributed by atoms with Crippen molar-refractivity contribution in [2.24, 2.45) is 0 Å². The zero-order valence-electron chi connectivity index (χ0n) is 16.8. The summed E-state index contributed by atoms with van der Waals surface area (Å²) in [6.45, 7) is -0.375. The lowest BCUT2D eigenvalue weighted by atomic mass is 10.2. The van der Waals surface area contributed by atoms with E-state index in [0.717, 1.165) is 0 Å². The molecule has 0 unspecified atom stereocenters. The summed E-state index contributed by atoms with van der Waals surface area (Å²) >= 11 is 7.31. The van der Waals surface area contributed by atoms with Crippen molar-refractivity contribution in [1.29, 1.82) is 5.26 Å². The second-order valence-corrected chi connectivity index (χ2v) is 7.91. The number of rotatable bonds is 8. The van der Waals surface area contributed by atoms with Gasteiger partial charge in [-0.25, -0.2) is 4.79 Å². The van der Waals surface area contributed by atoms with Gasteiger partial charge in [-0.15, -0.1) is 11.3 Å². The SMILES string of the molecule is N#CCCN(C(=O)COC(=O)c1cccc(NC(=O)c2cccs2)c1)c1cccc(Cl)c1. The summed E-state index contributed by atoms with van der Waals surface area (Å²) in [5.74, 6) is -1.48. The van der Waals surface area contributed by atoms with Gasteiger partial charge in [-0.2, -0.15) is 5.26 Å². The first-order valence-corrected chi connectivity index (χ1v) is 10.8. The molecular weight excluding hydrogens is 450 g/mol. The van der Waals surface area contributed by atoms with E-state index < -0.39 is 18.5 Å². The molecule has 9 heteroatoms. The Labute approximate surface area is 193 Å². The van der Waals surface area contributed by atoms with Gasteiger partial charge < -0.3 is 15.0 Å². The van der Waals surface area contributed by atoms with E-state index in [1.807, 2.05) is 6.07 Å². The number of esters is 1. The monoisotopic (exact) mass is 467 g/mol. The molecule has 0 radical (unpaired) electrons. The largest absolute Gasteiger partial charge is 0.452 e. The number of nitrogens with zero attached hydrogens (tertiary/aromatic N) is 2. The molecule has 3 aromatic rings. The van der Waals surface area contributed by atoms with E-state index in [1.54, 1.807) is 53.9 Å². The average Bonchev–Trinajstić information content (AvgIpc) is 3.33. The summed E-state index contributed by atoms with van der Waals surface area (Å²) in [5, 5.41) is 13.8. The maximum atomic E-state index is 12.7. The zero-order chi connectivity index (χ0) is 22.9. The number of benzene rings is 2. The molecule has 0 bridgehead atoms. The van der Waals surface area contributed by atoms with E-state index in [4.69, 9.17) is 21.6 Å². The fourth-order valence-electron chi connectivity index (χ4n) is 2.82. The Kier molecular flexibility index (Phi) is 7.97. The van der Waals surface area contributed by atoms with E-state index in [0.29, 0.717) is 21.3 Å². The molecule has 0 saturated heterocycles. The lowest BCUT2D eigenvalue weighted by Gasteiger charge is -2.22. The zero-order valence-corrected chi connectivity index (χ0v) is 18.4. The third-order valence-electron chi connectivity index (χ3n) is 4.30. The lowest BCUT2D eigenvalue weighted by Crippen LogP contribution is -2.35. The van der Waals surface area contributed by atoms with Crippen LogP contribution in [0.5, 0.6) is 0 Å². The van der Waals surface area contributed by atoms with Crippen LogP contribution in [0.15, 0.2) is 66.0 Å².